The van der Waals surface area contributed by atoms with Crippen molar-refractivity contribution in [3.8, 4) is 5.69 Å². The van der Waals surface area contributed by atoms with Crippen molar-refractivity contribution >= 4 is 11.4 Å². The van der Waals surface area contributed by atoms with Gasteiger partial charge in [0.2, 0.25) is 0 Å². The predicted octanol–water partition coefficient (Wildman–Crippen LogP) is 1.87. The van der Waals surface area contributed by atoms with E-state index < -0.39 is 40.3 Å². The van der Waals surface area contributed by atoms with Crippen LogP contribution >= 0.6 is 0 Å². The number of nitro benzene ring substituents is 1. The molecule has 21 heavy (non-hydrogen) atoms. The number of benzene rings is 1. The predicted molar refractivity (Wildman–Crippen MR) is 65.6 cm³/mol. The number of nitrogen functional groups attached to an aromatic ring is 1. The molecule has 0 bridgehead atoms. The van der Waals surface area contributed by atoms with Crippen molar-refractivity contribution < 1.29 is 23.2 Å². The van der Waals surface area contributed by atoms with Crippen LogP contribution in [0.25, 0.3) is 5.69 Å². The molecule has 1 aromatic heterocycles. The third-order valence-corrected chi connectivity index (χ3v) is 2.72. The summed E-state index contributed by atoms with van der Waals surface area (Å²) in [6.07, 6.45) is -2.58. The Morgan fingerprint density at radius 3 is 2.57 bits per heavy atom. The number of hydrogen-bond acceptors (Lipinski definition) is 5. The third kappa shape index (κ3) is 2.79. The molecule has 7 nitrogen and oxygen atoms in total. The summed E-state index contributed by atoms with van der Waals surface area (Å²) in [5, 5.41) is 19.7. The van der Waals surface area contributed by atoms with E-state index in [2.05, 4.69) is 4.98 Å². The molecule has 10 heteroatoms. The van der Waals surface area contributed by atoms with E-state index in [1.165, 1.54) is 0 Å². The number of halogens is 3. The first-order chi connectivity index (χ1) is 9.74. The Morgan fingerprint density at radius 2 is 2.10 bits per heavy atom. The van der Waals surface area contributed by atoms with Crippen LogP contribution in [0.15, 0.2) is 24.7 Å². The normalized spacial score (nSPS) is 11.6. The Balaban J connectivity index is 2.71. The zero-order valence-electron chi connectivity index (χ0n) is 10.3. The number of imidazole rings is 1. The van der Waals surface area contributed by atoms with Crippen LogP contribution in [0.2, 0.25) is 0 Å². The number of nitrogens with two attached hydrogens (primary N) is 1. The molecule has 2 aromatic rings. The van der Waals surface area contributed by atoms with Crippen molar-refractivity contribution in [1.29, 1.82) is 0 Å². The maximum Gasteiger partial charge on any atom is 0.418 e. The van der Waals surface area contributed by atoms with Crippen LogP contribution in [0, 0.1) is 10.1 Å². The molecule has 0 aliphatic carbocycles. The largest absolute Gasteiger partial charge is 0.418 e. The lowest BCUT2D eigenvalue weighted by atomic mass is 10.1. The molecule has 1 heterocycles. The van der Waals surface area contributed by atoms with Crippen molar-refractivity contribution in [3.63, 3.8) is 0 Å². The second-order valence-corrected chi connectivity index (χ2v) is 4.11. The quantitative estimate of drug-likeness (QED) is 0.511. The van der Waals surface area contributed by atoms with Gasteiger partial charge in [-0.3, -0.25) is 10.1 Å². The van der Waals surface area contributed by atoms with E-state index in [1.54, 1.807) is 0 Å². The van der Waals surface area contributed by atoms with Gasteiger partial charge in [0.15, 0.2) is 0 Å². The van der Waals surface area contributed by atoms with Crippen LogP contribution in [-0.4, -0.2) is 19.6 Å². The van der Waals surface area contributed by atoms with E-state index in [0.717, 1.165) is 23.2 Å². The minimum atomic E-state index is -4.75. The molecule has 3 N–H and O–H groups in total. The highest BCUT2D eigenvalue weighted by Gasteiger charge is 2.36. The van der Waals surface area contributed by atoms with Gasteiger partial charge in [-0.15, -0.1) is 0 Å². The molecule has 0 saturated heterocycles. The van der Waals surface area contributed by atoms with Crippen molar-refractivity contribution in [1.82, 2.24) is 9.55 Å². The van der Waals surface area contributed by atoms with Gasteiger partial charge in [-0.05, 0) is 6.07 Å². The number of aromatic nitrogens is 2. The summed E-state index contributed by atoms with van der Waals surface area (Å²) in [5.41, 5.74) is 2.57. The van der Waals surface area contributed by atoms with Gasteiger partial charge in [0.25, 0.3) is 5.69 Å². The fourth-order valence-corrected chi connectivity index (χ4v) is 1.77. The minimum absolute atomic E-state index is 0.127. The Bertz CT molecular complexity index is 697. The highest BCUT2D eigenvalue weighted by atomic mass is 19.4. The van der Waals surface area contributed by atoms with Crippen LogP contribution in [0.3, 0.4) is 0 Å². The molecule has 0 amide bonds. The number of rotatable bonds is 3. The molecule has 0 radical (unpaired) electrons. The van der Waals surface area contributed by atoms with Crippen LogP contribution in [0.5, 0.6) is 0 Å². The maximum absolute atomic E-state index is 13.0. The first-order valence-corrected chi connectivity index (χ1v) is 5.53. The SMILES string of the molecule is Nc1cc(C(F)(F)F)c(-n2cnc(CO)c2)cc1[N+](=O)[O-]. The number of hydrogen-bond donors (Lipinski definition) is 2. The first-order valence-electron chi connectivity index (χ1n) is 5.53. The topological polar surface area (TPSA) is 107 Å². The van der Waals surface area contributed by atoms with E-state index in [1.807, 2.05) is 0 Å². The first kappa shape index (κ1) is 14.8. The Labute approximate surface area is 115 Å². The average molecular weight is 302 g/mol. The second kappa shape index (κ2) is 5.05. The number of nitro groups is 1. The molecular formula is C11H9F3N4O3. The zero-order chi connectivity index (χ0) is 15.8. The average Bonchev–Trinajstić information content (AvgIpc) is 2.85. The minimum Gasteiger partial charge on any atom is -0.393 e. The van der Waals surface area contributed by atoms with Gasteiger partial charge in [0.1, 0.15) is 5.69 Å². The fraction of sp³-hybridized carbons (Fsp3) is 0.182. The number of alkyl halides is 3. The summed E-state index contributed by atoms with van der Waals surface area (Å²) in [6, 6.07) is 1.23. The van der Waals surface area contributed by atoms with Gasteiger partial charge >= 0.3 is 6.18 Å². The van der Waals surface area contributed by atoms with Crippen LogP contribution in [0.1, 0.15) is 11.3 Å². The molecule has 0 aliphatic heterocycles. The van der Waals surface area contributed by atoms with E-state index in [9.17, 15) is 23.3 Å². The summed E-state index contributed by atoms with van der Waals surface area (Å²) >= 11 is 0. The van der Waals surface area contributed by atoms with Gasteiger partial charge in [0.05, 0.1) is 34.8 Å². The molecule has 0 unspecified atom stereocenters. The molecular weight excluding hydrogens is 293 g/mol. The Morgan fingerprint density at radius 1 is 1.43 bits per heavy atom. The molecule has 1 aromatic carbocycles. The number of anilines is 1. The molecule has 0 saturated carbocycles. The fourth-order valence-electron chi connectivity index (χ4n) is 1.77. The summed E-state index contributed by atoms with van der Waals surface area (Å²) in [6.45, 7) is -0.467. The summed E-state index contributed by atoms with van der Waals surface area (Å²) in [5.74, 6) is 0. The van der Waals surface area contributed by atoms with E-state index in [0.29, 0.717) is 6.07 Å². The lowest BCUT2D eigenvalue weighted by Gasteiger charge is -2.14. The van der Waals surface area contributed by atoms with Gasteiger partial charge in [0, 0.05) is 12.3 Å². The number of aliphatic hydroxyl groups is 1. The molecule has 0 spiro atoms. The lowest BCUT2D eigenvalue weighted by molar-refractivity contribution is -0.383. The van der Waals surface area contributed by atoms with Crippen molar-refractivity contribution in [2.24, 2.45) is 0 Å². The summed E-state index contributed by atoms with van der Waals surface area (Å²) < 4.78 is 40.0. The smallest absolute Gasteiger partial charge is 0.393 e. The summed E-state index contributed by atoms with van der Waals surface area (Å²) in [7, 11) is 0. The van der Waals surface area contributed by atoms with Gasteiger partial charge in [-0.25, -0.2) is 4.98 Å². The van der Waals surface area contributed by atoms with E-state index in [-0.39, 0.29) is 5.69 Å². The van der Waals surface area contributed by atoms with E-state index >= 15 is 0 Å². The van der Waals surface area contributed by atoms with E-state index in [4.69, 9.17) is 10.8 Å². The van der Waals surface area contributed by atoms with Crippen molar-refractivity contribution in [2.75, 3.05) is 5.73 Å². The summed E-state index contributed by atoms with van der Waals surface area (Å²) in [4.78, 5) is 13.6. The molecule has 112 valence electrons. The number of nitrogens with zero attached hydrogens (tertiary/aromatic N) is 3. The van der Waals surface area contributed by atoms with Crippen molar-refractivity contribution in [2.45, 2.75) is 12.8 Å². The Hall–Kier alpha value is -2.62. The monoisotopic (exact) mass is 302 g/mol. The lowest BCUT2D eigenvalue weighted by Crippen LogP contribution is -2.12. The van der Waals surface area contributed by atoms with Gasteiger partial charge in [-0.2, -0.15) is 13.2 Å². The molecule has 2 rings (SSSR count). The van der Waals surface area contributed by atoms with Gasteiger partial charge in [-0.1, -0.05) is 0 Å². The highest BCUT2D eigenvalue weighted by Crippen LogP contribution is 2.38. The van der Waals surface area contributed by atoms with Gasteiger partial charge < -0.3 is 15.4 Å². The second-order valence-electron chi connectivity index (χ2n) is 4.11. The maximum atomic E-state index is 13.0. The highest BCUT2D eigenvalue weighted by molar-refractivity contribution is 5.66. The molecule has 0 atom stereocenters. The van der Waals surface area contributed by atoms with Crippen LogP contribution in [0.4, 0.5) is 24.5 Å². The Kier molecular flexibility index (Phi) is 3.56. The molecule has 0 aliphatic rings. The number of aliphatic hydroxyl groups excluding tert-OH is 1. The van der Waals surface area contributed by atoms with Crippen molar-refractivity contribution in [3.05, 3.63) is 46.0 Å². The standard InChI is InChI=1S/C11H9F3N4O3/c12-11(13,14)7-1-8(15)10(18(20)21)2-9(7)17-3-6(4-19)16-5-17/h1-3,5,19H,4,15H2. The van der Waals surface area contributed by atoms with Crippen LogP contribution in [-0.2, 0) is 12.8 Å². The zero-order valence-corrected chi connectivity index (χ0v) is 10.3. The van der Waals surface area contributed by atoms with Crippen LogP contribution < -0.4 is 5.73 Å². The molecule has 0 fully saturated rings. The third-order valence-electron chi connectivity index (χ3n) is 2.72.